The number of anilines is 5. The molecule has 2 aliphatic rings. The molecule has 206 valence electrons. The number of H-pyrrole nitrogens is 1. The number of pyridine rings is 2. The van der Waals surface area contributed by atoms with Gasteiger partial charge in [0.05, 0.1) is 35.6 Å². The van der Waals surface area contributed by atoms with Crippen LogP contribution >= 0.6 is 0 Å². The van der Waals surface area contributed by atoms with Gasteiger partial charge >= 0.3 is 0 Å². The first kappa shape index (κ1) is 26.7. The number of carbonyl (C=O) groups is 1. The minimum Gasteiger partial charge on any atom is -0.383 e. The molecule has 0 saturated carbocycles. The topological polar surface area (TPSA) is 115 Å². The zero-order valence-electron chi connectivity index (χ0n) is 22.8. The van der Waals surface area contributed by atoms with Crippen LogP contribution in [0.5, 0.6) is 0 Å². The fourth-order valence-corrected chi connectivity index (χ4v) is 5.34. The summed E-state index contributed by atoms with van der Waals surface area (Å²) in [5, 5.41) is 9.57. The van der Waals surface area contributed by atoms with Crippen molar-refractivity contribution in [3.8, 4) is 0 Å². The maximum Gasteiger partial charge on any atom is 0.263 e. The number of aromatic nitrogens is 2. The van der Waals surface area contributed by atoms with E-state index in [1.165, 1.54) is 6.20 Å². The molecule has 1 saturated heterocycles. The van der Waals surface area contributed by atoms with Crippen molar-refractivity contribution >= 4 is 34.3 Å². The predicted octanol–water partition coefficient (Wildman–Crippen LogP) is 3.59. The molecule has 4 heterocycles. The monoisotopic (exact) mass is 531 g/mol. The minimum atomic E-state index is -0.477. The summed E-state index contributed by atoms with van der Waals surface area (Å²) in [5.41, 5.74) is 5.54. The molecule has 2 aromatic heterocycles. The Labute approximate surface area is 228 Å². The van der Waals surface area contributed by atoms with Gasteiger partial charge in [-0.2, -0.15) is 0 Å². The number of methoxy groups -OCH3 is 1. The van der Waals surface area contributed by atoms with Crippen LogP contribution in [0.25, 0.3) is 0 Å². The molecule has 0 bridgehead atoms. The maximum absolute atomic E-state index is 13.3. The second-order valence-electron chi connectivity index (χ2n) is 10.2. The molecule has 1 atom stereocenters. The molecule has 1 fully saturated rings. The Morgan fingerprint density at radius 2 is 1.90 bits per heavy atom. The lowest BCUT2D eigenvalue weighted by molar-refractivity contribution is 0.0953. The average Bonchev–Trinajstić information content (AvgIpc) is 2.95. The van der Waals surface area contributed by atoms with Crippen molar-refractivity contribution in [3.63, 3.8) is 0 Å². The van der Waals surface area contributed by atoms with Gasteiger partial charge in [-0.25, -0.2) is 0 Å². The lowest BCUT2D eigenvalue weighted by atomic mass is 10.0. The molecule has 2 aliphatic heterocycles. The van der Waals surface area contributed by atoms with E-state index in [1.54, 1.807) is 19.4 Å². The third-order valence-corrected chi connectivity index (χ3v) is 7.60. The van der Waals surface area contributed by atoms with Gasteiger partial charge in [0.25, 0.3) is 11.5 Å². The Morgan fingerprint density at radius 1 is 1.13 bits per heavy atom. The summed E-state index contributed by atoms with van der Waals surface area (Å²) < 4.78 is 5.29. The second kappa shape index (κ2) is 11.9. The molecule has 4 N–H and O–H groups in total. The maximum atomic E-state index is 13.3. The number of hydrogen-bond donors (Lipinski definition) is 4. The molecule has 3 aromatic rings. The molecule has 1 unspecified atom stereocenters. The summed E-state index contributed by atoms with van der Waals surface area (Å²) in [5.74, 6) is -0.477. The van der Waals surface area contributed by atoms with Crippen molar-refractivity contribution in [2.24, 2.45) is 0 Å². The molecule has 1 amide bonds. The Kier molecular flexibility index (Phi) is 8.13. The number of aryl methyl sites for hydroxylation is 1. The van der Waals surface area contributed by atoms with E-state index in [-0.39, 0.29) is 5.56 Å². The number of fused-ring (bicyclic) bond motifs is 1. The van der Waals surface area contributed by atoms with E-state index >= 15 is 0 Å². The third kappa shape index (κ3) is 5.91. The Hall–Kier alpha value is -3.89. The first-order chi connectivity index (χ1) is 18.9. The van der Waals surface area contributed by atoms with Crippen molar-refractivity contribution < 1.29 is 9.53 Å². The molecule has 10 nitrogen and oxygen atoms in total. The molecule has 5 rings (SSSR count). The van der Waals surface area contributed by atoms with Gasteiger partial charge in [-0.15, -0.1) is 0 Å². The first-order valence-electron chi connectivity index (χ1n) is 13.5. The van der Waals surface area contributed by atoms with Crippen LogP contribution in [-0.4, -0.2) is 73.3 Å². The van der Waals surface area contributed by atoms with Crippen LogP contribution in [0, 0.1) is 6.92 Å². The van der Waals surface area contributed by atoms with Gasteiger partial charge in [0, 0.05) is 63.4 Å². The molecule has 0 aliphatic carbocycles. The highest BCUT2D eigenvalue weighted by molar-refractivity contribution is 6.08. The molecule has 0 spiro atoms. The number of nitrogens with zero attached hydrogens (tertiary/aromatic N) is 3. The van der Waals surface area contributed by atoms with Crippen molar-refractivity contribution in [2.75, 3.05) is 67.3 Å². The molecule has 10 heteroatoms. The normalized spacial score (nSPS) is 16.2. The fourth-order valence-electron chi connectivity index (χ4n) is 5.34. The highest BCUT2D eigenvalue weighted by Gasteiger charge is 2.22. The van der Waals surface area contributed by atoms with Crippen molar-refractivity contribution in [1.29, 1.82) is 0 Å². The molecular weight excluding hydrogens is 494 g/mol. The number of rotatable bonds is 8. The smallest absolute Gasteiger partial charge is 0.263 e. The Balaban J connectivity index is 1.27. The zero-order chi connectivity index (χ0) is 27.4. The van der Waals surface area contributed by atoms with E-state index in [9.17, 15) is 9.59 Å². The first-order valence-corrected chi connectivity index (χ1v) is 13.5. The standard InChI is InChI=1S/C29H37N7O3/c1-19(18-39-3)35-13-15-36(16-14-35)22-8-6-21(7-9-22)33-29(38)26-23(10-12-31-28(26)37)34-25-17-32-24-5-4-11-30-27(24)20(25)2/h6-10,12,17,19,30H,4-5,11,13-16,18H2,1-3H3,(H,33,38)(H2,31,34,37). The van der Waals surface area contributed by atoms with Crippen molar-refractivity contribution in [3.05, 3.63) is 69.9 Å². The highest BCUT2D eigenvalue weighted by Crippen LogP contribution is 2.31. The summed E-state index contributed by atoms with van der Waals surface area (Å²) in [6.45, 7) is 9.65. The Bertz CT molecular complexity index is 1360. The number of nitrogens with one attached hydrogen (secondary N) is 4. The summed E-state index contributed by atoms with van der Waals surface area (Å²) in [6, 6.07) is 9.86. The minimum absolute atomic E-state index is 0.0213. The average molecular weight is 532 g/mol. The van der Waals surface area contributed by atoms with E-state index in [0.717, 1.165) is 80.5 Å². The van der Waals surface area contributed by atoms with Gasteiger partial charge in [0.15, 0.2) is 0 Å². The fraction of sp³-hybridized carbons (Fsp3) is 0.414. The van der Waals surface area contributed by atoms with Crippen LogP contribution in [0.4, 0.5) is 28.4 Å². The summed E-state index contributed by atoms with van der Waals surface area (Å²) in [6.07, 6.45) is 5.29. The lowest BCUT2D eigenvalue weighted by Crippen LogP contribution is -2.50. The SMILES string of the molecule is COCC(C)N1CCN(c2ccc(NC(=O)c3c(Nc4cnc5c(c4C)NCCC5)cc[nH]c3=O)cc2)CC1. The molecular formula is C29H37N7O3. The Morgan fingerprint density at radius 3 is 2.64 bits per heavy atom. The quantitative estimate of drug-likeness (QED) is 0.349. The van der Waals surface area contributed by atoms with Crippen molar-refractivity contribution in [1.82, 2.24) is 14.9 Å². The number of aromatic amines is 1. The van der Waals surface area contributed by atoms with Crippen LogP contribution in [-0.2, 0) is 11.2 Å². The third-order valence-electron chi connectivity index (χ3n) is 7.60. The number of hydrogen-bond acceptors (Lipinski definition) is 8. The highest BCUT2D eigenvalue weighted by atomic mass is 16.5. The number of carbonyl (C=O) groups excluding carboxylic acids is 1. The van der Waals surface area contributed by atoms with Crippen LogP contribution < -0.4 is 26.4 Å². The van der Waals surface area contributed by atoms with E-state index in [1.807, 2.05) is 31.2 Å². The van der Waals surface area contributed by atoms with Gasteiger partial charge in [-0.3, -0.25) is 19.5 Å². The summed E-state index contributed by atoms with van der Waals surface area (Å²) in [7, 11) is 1.74. The molecule has 1 aromatic carbocycles. The van der Waals surface area contributed by atoms with Crippen LogP contribution in [0.3, 0.4) is 0 Å². The van der Waals surface area contributed by atoms with E-state index in [0.29, 0.717) is 17.4 Å². The van der Waals surface area contributed by atoms with E-state index in [2.05, 4.69) is 42.6 Å². The van der Waals surface area contributed by atoms with Crippen molar-refractivity contribution in [2.45, 2.75) is 32.7 Å². The van der Waals surface area contributed by atoms with Gasteiger partial charge in [0.2, 0.25) is 0 Å². The molecule has 39 heavy (non-hydrogen) atoms. The predicted molar refractivity (Wildman–Crippen MR) is 156 cm³/mol. The van der Waals surface area contributed by atoms with Crippen LogP contribution in [0.1, 0.15) is 35.0 Å². The zero-order valence-corrected chi connectivity index (χ0v) is 22.8. The second-order valence-corrected chi connectivity index (χ2v) is 10.2. The largest absolute Gasteiger partial charge is 0.383 e. The van der Waals surface area contributed by atoms with Crippen LogP contribution in [0.2, 0.25) is 0 Å². The number of piperazine rings is 1. The number of ether oxygens (including phenoxy) is 1. The number of benzene rings is 1. The van der Waals surface area contributed by atoms with Gasteiger partial charge in [0.1, 0.15) is 5.56 Å². The van der Waals surface area contributed by atoms with Gasteiger partial charge in [-0.05, 0) is 62.6 Å². The summed E-state index contributed by atoms with van der Waals surface area (Å²) >= 11 is 0. The number of amides is 1. The molecule has 0 radical (unpaired) electrons. The van der Waals surface area contributed by atoms with E-state index < -0.39 is 11.5 Å². The summed E-state index contributed by atoms with van der Waals surface area (Å²) in [4.78, 5) is 38.0. The van der Waals surface area contributed by atoms with Gasteiger partial charge in [-0.1, -0.05) is 0 Å². The lowest BCUT2D eigenvalue weighted by Gasteiger charge is -2.39. The van der Waals surface area contributed by atoms with Gasteiger partial charge < -0.3 is 30.6 Å². The van der Waals surface area contributed by atoms with E-state index in [4.69, 9.17) is 4.74 Å². The van der Waals surface area contributed by atoms with Crippen LogP contribution in [0.15, 0.2) is 47.5 Å².